The van der Waals surface area contributed by atoms with E-state index in [0.29, 0.717) is 29.1 Å². The van der Waals surface area contributed by atoms with Gasteiger partial charge in [0, 0.05) is 11.8 Å². The lowest BCUT2D eigenvalue weighted by molar-refractivity contribution is -0.145. The summed E-state index contributed by atoms with van der Waals surface area (Å²) in [5, 5.41) is 16.0. The maximum atomic E-state index is 13.9. The topological polar surface area (TPSA) is 108 Å². The van der Waals surface area contributed by atoms with Crippen LogP contribution in [-0.4, -0.2) is 51.4 Å². The number of phenolic OH excluding ortho intramolecular Hbond substituents is 1. The Hall–Kier alpha value is -2.91. The van der Waals surface area contributed by atoms with Gasteiger partial charge < -0.3 is 25.4 Å². The van der Waals surface area contributed by atoms with Crippen molar-refractivity contribution in [2.75, 3.05) is 11.1 Å². The van der Waals surface area contributed by atoms with Crippen molar-refractivity contribution in [2.24, 2.45) is 0 Å². The summed E-state index contributed by atoms with van der Waals surface area (Å²) in [6, 6.07) is 9.16. The molecule has 37 heavy (non-hydrogen) atoms. The number of nitrogens with one attached hydrogen (secondary N) is 2. The van der Waals surface area contributed by atoms with Crippen LogP contribution in [0.2, 0.25) is 5.02 Å². The number of carbonyl (C=O) groups excluding carboxylic acids is 3. The molecule has 1 fully saturated rings. The molecule has 3 rings (SSSR count). The fraction of sp³-hybridized carbons (Fsp3) is 0.444. The fourth-order valence-electron chi connectivity index (χ4n) is 4.11. The number of hydrogen-bond donors (Lipinski definition) is 4. The number of amides is 3. The van der Waals surface area contributed by atoms with Gasteiger partial charge in [0.05, 0.1) is 10.7 Å². The molecule has 1 saturated carbocycles. The van der Waals surface area contributed by atoms with Crippen LogP contribution in [0.15, 0.2) is 42.5 Å². The standard InChI is InChI=1S/C27H34ClN3O5S/c1-16-8-5-13-20(28)22(16)30-24(33)23(17-9-6-12-19(32)14-17)31(18-10-7-11-18)25(34)21(15-37)29-26(35)36-27(2,3)4/h5-6,8-9,12-14,18,21,23,32,37H,7,10-11,15H2,1-4H3,(H,29,35)(H,30,33). The summed E-state index contributed by atoms with van der Waals surface area (Å²) in [4.78, 5) is 41.8. The number of phenols is 1. The number of rotatable bonds is 8. The van der Waals surface area contributed by atoms with E-state index in [-0.39, 0.29) is 17.5 Å². The summed E-state index contributed by atoms with van der Waals surface area (Å²) in [6.07, 6.45) is 1.55. The van der Waals surface area contributed by atoms with E-state index < -0.39 is 35.6 Å². The highest BCUT2D eigenvalue weighted by Gasteiger charge is 2.42. The van der Waals surface area contributed by atoms with Crippen molar-refractivity contribution in [2.45, 2.75) is 70.7 Å². The summed E-state index contributed by atoms with van der Waals surface area (Å²) >= 11 is 10.7. The number of aryl methyl sites for hydroxylation is 1. The number of nitrogens with zero attached hydrogens (tertiary/aromatic N) is 1. The number of benzene rings is 2. The summed E-state index contributed by atoms with van der Waals surface area (Å²) in [5.41, 5.74) is 0.881. The van der Waals surface area contributed by atoms with Gasteiger partial charge in [-0.15, -0.1) is 0 Å². The van der Waals surface area contributed by atoms with Gasteiger partial charge in [0.25, 0.3) is 5.91 Å². The molecule has 1 aliphatic rings. The smallest absolute Gasteiger partial charge is 0.408 e. The second-order valence-electron chi connectivity index (χ2n) is 10.1. The molecule has 0 aliphatic heterocycles. The van der Waals surface area contributed by atoms with Crippen LogP contribution in [0, 0.1) is 6.92 Å². The van der Waals surface area contributed by atoms with Crippen molar-refractivity contribution in [1.29, 1.82) is 0 Å². The van der Waals surface area contributed by atoms with E-state index in [2.05, 4.69) is 23.3 Å². The molecule has 3 amide bonds. The average Bonchev–Trinajstić information content (AvgIpc) is 2.77. The molecule has 2 aromatic rings. The Balaban J connectivity index is 2.01. The van der Waals surface area contributed by atoms with Gasteiger partial charge in [-0.1, -0.05) is 35.9 Å². The van der Waals surface area contributed by atoms with Crippen LogP contribution in [0.5, 0.6) is 5.75 Å². The number of ether oxygens (including phenoxy) is 1. The summed E-state index contributed by atoms with van der Waals surface area (Å²) in [5.74, 6) is -0.996. The molecule has 2 atom stereocenters. The minimum atomic E-state index is -1.09. The van der Waals surface area contributed by atoms with E-state index in [1.807, 2.05) is 13.0 Å². The molecule has 2 unspecified atom stereocenters. The molecule has 0 heterocycles. The Morgan fingerprint density at radius 3 is 2.41 bits per heavy atom. The van der Waals surface area contributed by atoms with E-state index in [1.54, 1.807) is 45.0 Å². The van der Waals surface area contributed by atoms with Crippen LogP contribution in [0.25, 0.3) is 0 Å². The molecule has 200 valence electrons. The normalized spacial score (nSPS) is 15.2. The minimum absolute atomic E-state index is 0.000698. The Bertz CT molecular complexity index is 1130. The van der Waals surface area contributed by atoms with Crippen molar-refractivity contribution in [3.63, 3.8) is 0 Å². The third-order valence-electron chi connectivity index (χ3n) is 6.08. The molecule has 10 heteroatoms. The first-order valence-corrected chi connectivity index (χ1v) is 13.2. The van der Waals surface area contributed by atoms with E-state index in [9.17, 15) is 19.5 Å². The molecule has 0 saturated heterocycles. The Morgan fingerprint density at radius 2 is 1.86 bits per heavy atom. The zero-order chi connectivity index (χ0) is 27.3. The van der Waals surface area contributed by atoms with E-state index >= 15 is 0 Å². The van der Waals surface area contributed by atoms with Crippen LogP contribution in [0.4, 0.5) is 10.5 Å². The minimum Gasteiger partial charge on any atom is -0.508 e. The second-order valence-corrected chi connectivity index (χ2v) is 10.9. The largest absolute Gasteiger partial charge is 0.508 e. The zero-order valence-corrected chi connectivity index (χ0v) is 23.1. The molecule has 8 nitrogen and oxygen atoms in total. The van der Waals surface area contributed by atoms with Crippen LogP contribution < -0.4 is 10.6 Å². The molecule has 1 aliphatic carbocycles. The number of thiol groups is 1. The molecular weight excluding hydrogens is 514 g/mol. The van der Waals surface area contributed by atoms with Crippen molar-refractivity contribution in [1.82, 2.24) is 10.2 Å². The maximum absolute atomic E-state index is 13.9. The van der Waals surface area contributed by atoms with Crippen molar-refractivity contribution >= 4 is 47.8 Å². The molecule has 0 spiro atoms. The molecule has 2 aromatic carbocycles. The summed E-state index contributed by atoms with van der Waals surface area (Å²) < 4.78 is 5.33. The van der Waals surface area contributed by atoms with E-state index in [1.165, 1.54) is 17.0 Å². The lowest BCUT2D eigenvalue weighted by Gasteiger charge is -2.43. The first-order chi connectivity index (χ1) is 17.4. The van der Waals surface area contributed by atoms with E-state index in [0.717, 1.165) is 12.0 Å². The fourth-order valence-corrected chi connectivity index (χ4v) is 4.63. The molecule has 0 aromatic heterocycles. The first-order valence-electron chi connectivity index (χ1n) is 12.2. The Kier molecular flexibility index (Phi) is 9.36. The third-order valence-corrected chi connectivity index (χ3v) is 6.76. The highest BCUT2D eigenvalue weighted by atomic mass is 35.5. The number of carbonyl (C=O) groups is 3. The number of halogens is 1. The van der Waals surface area contributed by atoms with Gasteiger partial charge >= 0.3 is 6.09 Å². The van der Waals surface area contributed by atoms with Crippen LogP contribution in [-0.2, 0) is 14.3 Å². The SMILES string of the molecule is Cc1cccc(Cl)c1NC(=O)C(c1cccc(O)c1)N(C(=O)C(CS)NC(=O)OC(C)(C)C)C1CCC1. The molecule has 3 N–H and O–H groups in total. The lowest BCUT2D eigenvalue weighted by atomic mass is 9.88. The van der Waals surface area contributed by atoms with Crippen LogP contribution >= 0.6 is 24.2 Å². The van der Waals surface area contributed by atoms with Gasteiger partial charge in [0.15, 0.2) is 0 Å². The van der Waals surface area contributed by atoms with Gasteiger partial charge in [-0.3, -0.25) is 9.59 Å². The van der Waals surface area contributed by atoms with Crippen LogP contribution in [0.3, 0.4) is 0 Å². The van der Waals surface area contributed by atoms with Gasteiger partial charge in [-0.2, -0.15) is 12.6 Å². The summed E-state index contributed by atoms with van der Waals surface area (Å²) in [6.45, 7) is 7.00. The predicted molar refractivity (Wildman–Crippen MR) is 147 cm³/mol. The predicted octanol–water partition coefficient (Wildman–Crippen LogP) is 5.24. The van der Waals surface area contributed by atoms with Crippen molar-refractivity contribution < 1.29 is 24.2 Å². The number of aromatic hydroxyl groups is 1. The first kappa shape index (κ1) is 28.7. The van der Waals surface area contributed by atoms with Gasteiger partial charge in [0.2, 0.25) is 5.91 Å². The van der Waals surface area contributed by atoms with Crippen molar-refractivity contribution in [3.8, 4) is 5.75 Å². The maximum Gasteiger partial charge on any atom is 0.408 e. The second kappa shape index (κ2) is 12.1. The number of hydrogen-bond acceptors (Lipinski definition) is 6. The summed E-state index contributed by atoms with van der Waals surface area (Å²) in [7, 11) is 0. The van der Waals surface area contributed by atoms with E-state index in [4.69, 9.17) is 16.3 Å². The number of alkyl carbamates (subject to hydrolysis) is 1. The van der Waals surface area contributed by atoms with Crippen molar-refractivity contribution in [3.05, 3.63) is 58.6 Å². The van der Waals surface area contributed by atoms with Crippen LogP contribution in [0.1, 0.15) is 57.2 Å². The Morgan fingerprint density at radius 1 is 1.19 bits per heavy atom. The van der Waals surface area contributed by atoms with Gasteiger partial charge in [-0.25, -0.2) is 4.79 Å². The molecule has 0 radical (unpaired) electrons. The lowest BCUT2D eigenvalue weighted by Crippen LogP contribution is -2.57. The van der Waals surface area contributed by atoms with Gasteiger partial charge in [-0.05, 0) is 76.3 Å². The molecule has 0 bridgehead atoms. The quantitative estimate of drug-likeness (QED) is 0.338. The van der Waals surface area contributed by atoms with Gasteiger partial charge in [0.1, 0.15) is 23.4 Å². The average molecular weight is 548 g/mol. The highest BCUT2D eigenvalue weighted by molar-refractivity contribution is 7.80. The zero-order valence-electron chi connectivity index (χ0n) is 21.5. The Labute approximate surface area is 228 Å². The number of para-hydroxylation sites is 1. The molecular formula is C27H34ClN3O5S. The monoisotopic (exact) mass is 547 g/mol. The third kappa shape index (κ3) is 7.32. The number of anilines is 1. The highest BCUT2D eigenvalue weighted by Crippen LogP contribution is 2.36.